The molecule has 0 radical (unpaired) electrons. The van der Waals surface area contributed by atoms with Gasteiger partial charge in [0.2, 0.25) is 11.9 Å². The van der Waals surface area contributed by atoms with Crippen molar-refractivity contribution in [3.05, 3.63) is 40.5 Å². The molecule has 1 aromatic carbocycles. The predicted molar refractivity (Wildman–Crippen MR) is 120 cm³/mol. The van der Waals surface area contributed by atoms with E-state index < -0.39 is 6.04 Å². The Labute approximate surface area is 191 Å². The molecule has 0 bridgehead atoms. The Balaban J connectivity index is 1.40. The van der Waals surface area contributed by atoms with Crippen LogP contribution >= 0.6 is 11.6 Å². The Hall–Kier alpha value is -2.71. The highest BCUT2D eigenvalue weighted by molar-refractivity contribution is 6.33. The molecule has 8 nitrogen and oxygen atoms in total. The van der Waals surface area contributed by atoms with Gasteiger partial charge in [0.15, 0.2) is 0 Å². The van der Waals surface area contributed by atoms with Gasteiger partial charge in [-0.25, -0.2) is 9.97 Å². The fourth-order valence-corrected chi connectivity index (χ4v) is 4.89. The van der Waals surface area contributed by atoms with Crippen LogP contribution in [0.2, 0.25) is 5.02 Å². The number of hydrogen-bond acceptors (Lipinski definition) is 6. The van der Waals surface area contributed by atoms with Crippen LogP contribution in [0, 0.1) is 0 Å². The lowest BCUT2D eigenvalue weighted by molar-refractivity contribution is -0.137. The lowest BCUT2D eigenvalue weighted by Gasteiger charge is -2.34. The maximum atomic E-state index is 13.2. The van der Waals surface area contributed by atoms with Crippen molar-refractivity contribution < 1.29 is 14.3 Å². The molecule has 5 rings (SSSR count). The highest BCUT2D eigenvalue weighted by atomic mass is 35.5. The number of piperidine rings is 1. The van der Waals surface area contributed by atoms with Gasteiger partial charge in [-0.15, -0.1) is 0 Å². The molecule has 0 aliphatic carbocycles. The van der Waals surface area contributed by atoms with Gasteiger partial charge in [0, 0.05) is 50.5 Å². The number of carbonyl (C=O) groups excluding carboxylic acids is 2. The Kier molecular flexibility index (Phi) is 5.73. The van der Waals surface area contributed by atoms with E-state index in [1.165, 1.54) is 0 Å². The lowest BCUT2D eigenvalue weighted by atomic mass is 10.0. The van der Waals surface area contributed by atoms with E-state index in [4.69, 9.17) is 16.3 Å². The number of anilines is 1. The third-order valence-corrected chi connectivity index (χ3v) is 6.80. The number of amides is 2. The summed E-state index contributed by atoms with van der Waals surface area (Å²) >= 11 is 6.43. The number of benzene rings is 1. The summed E-state index contributed by atoms with van der Waals surface area (Å²) in [5.41, 5.74) is 2.87. The Morgan fingerprint density at radius 3 is 2.81 bits per heavy atom. The minimum absolute atomic E-state index is 0.0142. The van der Waals surface area contributed by atoms with E-state index >= 15 is 0 Å². The Bertz CT molecular complexity index is 1060. The first-order valence-electron chi connectivity index (χ1n) is 11.1. The van der Waals surface area contributed by atoms with Gasteiger partial charge in [0.25, 0.3) is 5.91 Å². The number of nitrogens with zero attached hydrogens (tertiary/aromatic N) is 4. The number of aromatic nitrogens is 2. The molecule has 2 amide bonds. The number of likely N-dealkylation sites (tertiary alicyclic amines) is 1. The summed E-state index contributed by atoms with van der Waals surface area (Å²) in [6.07, 6.45) is 5.00. The van der Waals surface area contributed by atoms with Crippen LogP contribution in [-0.4, -0.2) is 70.5 Å². The van der Waals surface area contributed by atoms with Crippen molar-refractivity contribution in [1.29, 1.82) is 0 Å². The maximum Gasteiger partial charge on any atom is 0.255 e. The third-order valence-electron chi connectivity index (χ3n) is 6.52. The summed E-state index contributed by atoms with van der Waals surface area (Å²) in [5, 5.41) is 3.79. The average Bonchev–Trinajstić information content (AvgIpc) is 3.13. The molecule has 2 aromatic rings. The van der Waals surface area contributed by atoms with Gasteiger partial charge in [-0.3, -0.25) is 9.59 Å². The van der Waals surface area contributed by atoms with Crippen LogP contribution in [0.1, 0.15) is 41.6 Å². The van der Waals surface area contributed by atoms with E-state index in [0.717, 1.165) is 50.1 Å². The molecule has 32 heavy (non-hydrogen) atoms. The van der Waals surface area contributed by atoms with Gasteiger partial charge in [0.1, 0.15) is 6.04 Å². The van der Waals surface area contributed by atoms with E-state index in [2.05, 4.69) is 15.3 Å². The second kappa shape index (κ2) is 8.67. The van der Waals surface area contributed by atoms with Crippen molar-refractivity contribution >= 4 is 29.4 Å². The van der Waals surface area contributed by atoms with Gasteiger partial charge in [-0.2, -0.15) is 0 Å². The molecule has 9 heteroatoms. The third kappa shape index (κ3) is 3.93. The summed E-state index contributed by atoms with van der Waals surface area (Å²) in [7, 11) is 1.80. The van der Waals surface area contributed by atoms with Crippen LogP contribution in [0.4, 0.5) is 5.95 Å². The molecular weight excluding hydrogens is 430 g/mol. The molecule has 0 spiro atoms. The molecule has 1 N–H and O–H groups in total. The number of hydrogen-bond donors (Lipinski definition) is 1. The topological polar surface area (TPSA) is 87.7 Å². The summed E-state index contributed by atoms with van der Waals surface area (Å²) in [4.78, 5) is 38.2. The number of carbonyl (C=O) groups is 2. The van der Waals surface area contributed by atoms with Crippen molar-refractivity contribution in [2.75, 3.05) is 32.1 Å². The second-order valence-corrected chi connectivity index (χ2v) is 9.05. The fourth-order valence-electron chi connectivity index (χ4n) is 4.69. The highest BCUT2D eigenvalue weighted by Gasteiger charge is 2.39. The fraction of sp³-hybridized carbons (Fsp3) is 0.478. The normalized spacial score (nSPS) is 21.8. The molecule has 1 atom stereocenters. The number of ether oxygens (including phenoxy) is 1. The number of nitrogens with one attached hydrogen (secondary N) is 1. The highest BCUT2D eigenvalue weighted by Crippen LogP contribution is 2.33. The molecular formula is C23H26ClN5O3. The smallest absolute Gasteiger partial charge is 0.255 e. The minimum atomic E-state index is -0.394. The van der Waals surface area contributed by atoms with Gasteiger partial charge in [-0.1, -0.05) is 23.7 Å². The Morgan fingerprint density at radius 1 is 1.19 bits per heavy atom. The van der Waals surface area contributed by atoms with E-state index in [1.807, 2.05) is 18.2 Å². The molecule has 2 saturated heterocycles. The number of likely N-dealkylation sites (N-methyl/N-ethyl adjacent to an activating group) is 1. The van der Waals surface area contributed by atoms with Crippen LogP contribution < -0.4 is 5.32 Å². The van der Waals surface area contributed by atoms with Crippen molar-refractivity contribution in [2.24, 2.45) is 0 Å². The predicted octanol–water partition coefficient (Wildman–Crippen LogP) is 2.96. The second-order valence-electron chi connectivity index (χ2n) is 8.64. The standard InChI is InChI=1S/C23H26ClN5O3/c1-28-8-2-3-19(22(28)31)29-13-15-5-4-14(11-17(15)21(29)30)20-18(24)12-25-23(27-20)26-16-6-9-32-10-7-16/h4-5,11-12,16,19H,2-3,6-10,13H2,1H3,(H,25,26,27). The van der Waals surface area contributed by atoms with Crippen molar-refractivity contribution in [1.82, 2.24) is 19.8 Å². The summed E-state index contributed by atoms with van der Waals surface area (Å²) in [6.45, 7) is 2.64. The first-order chi connectivity index (χ1) is 15.5. The van der Waals surface area contributed by atoms with Crippen molar-refractivity contribution in [3.8, 4) is 11.3 Å². The summed E-state index contributed by atoms with van der Waals surface area (Å²) in [6, 6.07) is 5.57. The zero-order valence-electron chi connectivity index (χ0n) is 18.0. The number of halogens is 1. The molecule has 3 aliphatic heterocycles. The van der Waals surface area contributed by atoms with Crippen molar-refractivity contribution in [3.63, 3.8) is 0 Å². The maximum absolute atomic E-state index is 13.2. The molecule has 168 valence electrons. The summed E-state index contributed by atoms with van der Waals surface area (Å²) < 4.78 is 5.41. The molecule has 1 aromatic heterocycles. The van der Waals surface area contributed by atoms with Gasteiger partial charge in [-0.05, 0) is 37.3 Å². The first-order valence-corrected chi connectivity index (χ1v) is 11.4. The Morgan fingerprint density at radius 2 is 2.00 bits per heavy atom. The molecule has 3 aliphatic rings. The monoisotopic (exact) mass is 455 g/mol. The van der Waals surface area contributed by atoms with Crippen LogP contribution in [0.3, 0.4) is 0 Å². The lowest BCUT2D eigenvalue weighted by Crippen LogP contribution is -2.51. The molecule has 2 fully saturated rings. The molecule has 0 saturated carbocycles. The number of fused-ring (bicyclic) bond motifs is 1. The molecule has 4 heterocycles. The van der Waals surface area contributed by atoms with Crippen molar-refractivity contribution in [2.45, 2.75) is 44.3 Å². The zero-order chi connectivity index (χ0) is 22.2. The van der Waals surface area contributed by atoms with Gasteiger partial charge >= 0.3 is 0 Å². The van der Waals surface area contributed by atoms with Crippen LogP contribution in [0.5, 0.6) is 0 Å². The number of rotatable bonds is 4. The largest absolute Gasteiger partial charge is 0.381 e. The van der Waals surface area contributed by atoms with Crippen LogP contribution in [0.25, 0.3) is 11.3 Å². The minimum Gasteiger partial charge on any atom is -0.381 e. The van der Waals surface area contributed by atoms with Gasteiger partial charge in [0.05, 0.1) is 16.9 Å². The van der Waals surface area contributed by atoms with Gasteiger partial charge < -0.3 is 19.9 Å². The van der Waals surface area contributed by atoms with E-state index in [-0.39, 0.29) is 17.9 Å². The zero-order valence-corrected chi connectivity index (χ0v) is 18.8. The average molecular weight is 456 g/mol. The quantitative estimate of drug-likeness (QED) is 0.762. The van der Waals surface area contributed by atoms with Crippen LogP contribution in [-0.2, 0) is 16.1 Å². The first kappa shape index (κ1) is 21.2. The summed E-state index contributed by atoms with van der Waals surface area (Å²) in [5.74, 6) is 0.419. The van der Waals surface area contributed by atoms with E-state index in [9.17, 15) is 9.59 Å². The van der Waals surface area contributed by atoms with E-state index in [0.29, 0.717) is 35.2 Å². The SMILES string of the molecule is CN1CCCC(N2Cc3ccc(-c4nc(NC5CCOCC5)ncc4Cl)cc3C2=O)C1=O. The van der Waals surface area contributed by atoms with Crippen LogP contribution in [0.15, 0.2) is 24.4 Å². The molecule has 1 unspecified atom stereocenters. The van der Waals surface area contributed by atoms with E-state index in [1.54, 1.807) is 23.0 Å².